The number of aromatic nitrogens is 1. The van der Waals surface area contributed by atoms with Crippen molar-refractivity contribution in [1.29, 1.82) is 0 Å². The van der Waals surface area contributed by atoms with Crippen molar-refractivity contribution >= 4 is 6.29 Å². The maximum atomic E-state index is 10.6. The number of nitrogens with zero attached hydrogens (tertiary/aromatic N) is 1. The zero-order valence-corrected chi connectivity index (χ0v) is 10.4. The Labute approximate surface area is 107 Å². The highest BCUT2D eigenvalue weighted by Crippen LogP contribution is 2.47. The minimum atomic E-state index is 0.410. The summed E-state index contributed by atoms with van der Waals surface area (Å²) >= 11 is 0. The predicted octanol–water partition coefficient (Wildman–Crippen LogP) is 3.61. The van der Waals surface area contributed by atoms with Gasteiger partial charge in [-0.1, -0.05) is 31.2 Å². The Hall–Kier alpha value is -1.96. The van der Waals surface area contributed by atoms with Crippen molar-refractivity contribution in [3.05, 3.63) is 53.7 Å². The summed E-state index contributed by atoms with van der Waals surface area (Å²) in [4.78, 5) is 14.9. The maximum absolute atomic E-state index is 10.6. The monoisotopic (exact) mass is 237 g/mol. The van der Waals surface area contributed by atoms with E-state index in [2.05, 4.69) is 36.2 Å². The zero-order chi connectivity index (χ0) is 12.6. The zero-order valence-electron chi connectivity index (χ0n) is 10.4. The number of hydrogen-bond acceptors (Lipinski definition) is 2. The van der Waals surface area contributed by atoms with E-state index in [-0.39, 0.29) is 0 Å². The summed E-state index contributed by atoms with van der Waals surface area (Å²) in [5.41, 5.74) is 4.44. The Morgan fingerprint density at radius 3 is 2.33 bits per heavy atom. The minimum absolute atomic E-state index is 0.410. The summed E-state index contributed by atoms with van der Waals surface area (Å²) in [6.45, 7) is 2.30. The molecule has 0 spiro atoms. The van der Waals surface area contributed by atoms with Crippen molar-refractivity contribution in [3.8, 4) is 11.3 Å². The second kappa shape index (κ2) is 4.05. The third kappa shape index (κ3) is 1.94. The lowest BCUT2D eigenvalue weighted by atomic mass is 9.96. The fourth-order valence-corrected chi connectivity index (χ4v) is 2.17. The molecule has 0 radical (unpaired) electrons. The summed E-state index contributed by atoms with van der Waals surface area (Å²) < 4.78 is 0. The van der Waals surface area contributed by atoms with Gasteiger partial charge in [-0.2, -0.15) is 0 Å². The molecule has 1 aliphatic carbocycles. The number of hydrogen-bond donors (Lipinski definition) is 0. The average molecular weight is 237 g/mol. The van der Waals surface area contributed by atoms with Gasteiger partial charge in [-0.3, -0.25) is 9.78 Å². The molecule has 2 aromatic rings. The van der Waals surface area contributed by atoms with Gasteiger partial charge in [-0.05, 0) is 36.0 Å². The van der Waals surface area contributed by atoms with Crippen LogP contribution in [0.1, 0.15) is 35.7 Å². The first kappa shape index (κ1) is 11.1. The summed E-state index contributed by atoms with van der Waals surface area (Å²) in [5, 5.41) is 0. The third-order valence-corrected chi connectivity index (χ3v) is 3.80. The molecular formula is C16H15NO. The van der Waals surface area contributed by atoms with Crippen LogP contribution in [-0.2, 0) is 5.41 Å². The lowest BCUT2D eigenvalue weighted by Crippen LogP contribution is -1.98. The Morgan fingerprint density at radius 1 is 1.11 bits per heavy atom. The number of carbonyl (C=O) groups excluding carboxylic acids is 1. The first-order valence-corrected chi connectivity index (χ1v) is 6.23. The first-order chi connectivity index (χ1) is 8.71. The predicted molar refractivity (Wildman–Crippen MR) is 71.6 cm³/mol. The normalized spacial score (nSPS) is 16.3. The van der Waals surface area contributed by atoms with Gasteiger partial charge in [0.2, 0.25) is 0 Å². The van der Waals surface area contributed by atoms with Crippen molar-refractivity contribution in [2.75, 3.05) is 0 Å². The molecule has 0 atom stereocenters. The van der Waals surface area contributed by atoms with Crippen LogP contribution < -0.4 is 0 Å². The van der Waals surface area contributed by atoms with Crippen LogP contribution in [0.5, 0.6) is 0 Å². The van der Waals surface area contributed by atoms with E-state index < -0.39 is 0 Å². The Balaban J connectivity index is 1.89. The highest BCUT2D eigenvalue weighted by atomic mass is 16.1. The van der Waals surface area contributed by atoms with Crippen molar-refractivity contribution < 1.29 is 4.79 Å². The van der Waals surface area contributed by atoms with Gasteiger partial charge in [0.1, 0.15) is 0 Å². The van der Waals surface area contributed by atoms with E-state index in [9.17, 15) is 4.79 Å². The summed E-state index contributed by atoms with van der Waals surface area (Å²) in [6, 6.07) is 12.3. The summed E-state index contributed by atoms with van der Waals surface area (Å²) in [6.07, 6.45) is 5.00. The minimum Gasteiger partial charge on any atom is -0.298 e. The molecule has 1 heterocycles. The van der Waals surface area contributed by atoms with Gasteiger partial charge in [-0.15, -0.1) is 0 Å². The topological polar surface area (TPSA) is 30.0 Å². The molecule has 1 aromatic carbocycles. The average Bonchev–Trinajstić information content (AvgIpc) is 3.18. The van der Waals surface area contributed by atoms with E-state index in [1.54, 1.807) is 12.3 Å². The van der Waals surface area contributed by atoms with Crippen LogP contribution in [0.3, 0.4) is 0 Å². The summed E-state index contributed by atoms with van der Waals surface area (Å²) in [7, 11) is 0. The largest absolute Gasteiger partial charge is 0.298 e. The number of rotatable bonds is 3. The SMILES string of the molecule is CC1(c2ccc(-c3ccc(C=O)cn3)cc2)CC1. The Kier molecular flexibility index (Phi) is 2.51. The third-order valence-electron chi connectivity index (χ3n) is 3.80. The Morgan fingerprint density at radius 2 is 1.83 bits per heavy atom. The molecule has 18 heavy (non-hydrogen) atoms. The van der Waals surface area contributed by atoms with Gasteiger partial charge in [0.15, 0.2) is 6.29 Å². The molecule has 1 saturated carbocycles. The molecular weight excluding hydrogens is 222 g/mol. The molecule has 2 nitrogen and oxygen atoms in total. The number of benzene rings is 1. The maximum Gasteiger partial charge on any atom is 0.151 e. The van der Waals surface area contributed by atoms with Crippen molar-refractivity contribution in [2.24, 2.45) is 0 Å². The van der Waals surface area contributed by atoms with Crippen LogP contribution in [0, 0.1) is 0 Å². The second-order valence-corrected chi connectivity index (χ2v) is 5.23. The molecule has 90 valence electrons. The van der Waals surface area contributed by atoms with Crippen LogP contribution in [0.15, 0.2) is 42.6 Å². The van der Waals surface area contributed by atoms with Crippen LogP contribution in [0.4, 0.5) is 0 Å². The van der Waals surface area contributed by atoms with Gasteiger partial charge in [0.05, 0.1) is 5.69 Å². The van der Waals surface area contributed by atoms with Gasteiger partial charge >= 0.3 is 0 Å². The van der Waals surface area contributed by atoms with E-state index in [4.69, 9.17) is 0 Å². The molecule has 1 aliphatic rings. The molecule has 0 unspecified atom stereocenters. The van der Waals surface area contributed by atoms with E-state index in [0.29, 0.717) is 11.0 Å². The number of aldehydes is 1. The van der Waals surface area contributed by atoms with Gasteiger partial charge in [-0.25, -0.2) is 0 Å². The van der Waals surface area contributed by atoms with E-state index in [0.717, 1.165) is 17.5 Å². The highest BCUT2D eigenvalue weighted by Gasteiger charge is 2.38. The van der Waals surface area contributed by atoms with Crippen molar-refractivity contribution in [2.45, 2.75) is 25.2 Å². The fourth-order valence-electron chi connectivity index (χ4n) is 2.17. The molecule has 0 amide bonds. The molecule has 0 aliphatic heterocycles. The molecule has 1 fully saturated rings. The first-order valence-electron chi connectivity index (χ1n) is 6.23. The lowest BCUT2D eigenvalue weighted by Gasteiger charge is -2.09. The fraction of sp³-hybridized carbons (Fsp3) is 0.250. The number of pyridine rings is 1. The van der Waals surface area contributed by atoms with E-state index in [1.807, 2.05) is 6.07 Å². The standard InChI is InChI=1S/C16H15NO/c1-16(8-9-16)14-5-3-13(4-6-14)15-7-2-12(11-18)10-17-15/h2-7,10-11H,8-9H2,1H3. The molecule has 2 heteroatoms. The smallest absolute Gasteiger partial charge is 0.151 e. The molecule has 1 aromatic heterocycles. The van der Waals surface area contributed by atoms with Gasteiger partial charge < -0.3 is 0 Å². The van der Waals surface area contributed by atoms with Crippen molar-refractivity contribution in [3.63, 3.8) is 0 Å². The van der Waals surface area contributed by atoms with Crippen LogP contribution in [0.25, 0.3) is 11.3 Å². The van der Waals surface area contributed by atoms with E-state index in [1.165, 1.54) is 18.4 Å². The molecule has 0 saturated heterocycles. The Bertz CT molecular complexity index is 565. The van der Waals surface area contributed by atoms with Crippen LogP contribution in [-0.4, -0.2) is 11.3 Å². The van der Waals surface area contributed by atoms with E-state index >= 15 is 0 Å². The van der Waals surface area contributed by atoms with Crippen LogP contribution in [0.2, 0.25) is 0 Å². The quantitative estimate of drug-likeness (QED) is 0.763. The van der Waals surface area contributed by atoms with Gasteiger partial charge in [0, 0.05) is 17.3 Å². The van der Waals surface area contributed by atoms with Crippen LogP contribution >= 0.6 is 0 Å². The van der Waals surface area contributed by atoms with Crippen molar-refractivity contribution in [1.82, 2.24) is 4.98 Å². The second-order valence-electron chi connectivity index (χ2n) is 5.23. The highest BCUT2D eigenvalue weighted by molar-refractivity contribution is 5.75. The molecule has 0 bridgehead atoms. The summed E-state index contributed by atoms with van der Waals surface area (Å²) in [5.74, 6) is 0. The lowest BCUT2D eigenvalue weighted by molar-refractivity contribution is 0.112. The number of carbonyl (C=O) groups is 1. The molecule has 3 rings (SSSR count). The van der Waals surface area contributed by atoms with Gasteiger partial charge in [0.25, 0.3) is 0 Å². The molecule has 0 N–H and O–H groups in total.